The lowest BCUT2D eigenvalue weighted by Gasteiger charge is -2.10. The first-order chi connectivity index (χ1) is 9.97. The predicted molar refractivity (Wildman–Crippen MR) is 80.0 cm³/mol. The maximum atomic E-state index is 12.5. The standard InChI is InChI=1S/C14H9BrClNO4/c15-9-3-8(5-17-6-9)14(20)11-4-10(16)1-2-12(11)21-7-13(18)19/h1-6H,7H2,(H,18,19). The van der Waals surface area contributed by atoms with E-state index >= 15 is 0 Å². The molecule has 1 heterocycles. The minimum atomic E-state index is -1.13. The zero-order chi connectivity index (χ0) is 15.4. The average Bonchev–Trinajstić information content (AvgIpc) is 2.45. The predicted octanol–water partition coefficient (Wildman–Crippen LogP) is 3.19. The highest BCUT2D eigenvalue weighted by atomic mass is 79.9. The number of hydrogen-bond acceptors (Lipinski definition) is 4. The summed E-state index contributed by atoms with van der Waals surface area (Å²) in [6.07, 6.45) is 2.96. The van der Waals surface area contributed by atoms with Crippen LogP contribution in [0.2, 0.25) is 5.02 Å². The van der Waals surface area contributed by atoms with Gasteiger partial charge < -0.3 is 9.84 Å². The third kappa shape index (κ3) is 4.03. The molecule has 0 unspecified atom stereocenters. The second-order valence-electron chi connectivity index (χ2n) is 4.04. The summed E-state index contributed by atoms with van der Waals surface area (Å²) in [6, 6.07) is 6.03. The molecule has 108 valence electrons. The van der Waals surface area contributed by atoms with Crippen molar-refractivity contribution in [1.29, 1.82) is 0 Å². The van der Waals surface area contributed by atoms with Gasteiger partial charge in [-0.05, 0) is 40.2 Å². The Morgan fingerprint density at radius 3 is 2.71 bits per heavy atom. The molecule has 0 atom stereocenters. The van der Waals surface area contributed by atoms with Crippen LogP contribution in [-0.2, 0) is 4.79 Å². The van der Waals surface area contributed by atoms with Crippen molar-refractivity contribution in [1.82, 2.24) is 4.98 Å². The van der Waals surface area contributed by atoms with Gasteiger partial charge in [0.1, 0.15) is 5.75 Å². The fourth-order valence-corrected chi connectivity index (χ4v) is 2.17. The molecule has 0 aliphatic heterocycles. The average molecular weight is 371 g/mol. The van der Waals surface area contributed by atoms with Crippen molar-refractivity contribution in [3.63, 3.8) is 0 Å². The Morgan fingerprint density at radius 2 is 2.05 bits per heavy atom. The van der Waals surface area contributed by atoms with E-state index in [1.807, 2.05) is 0 Å². The monoisotopic (exact) mass is 369 g/mol. The van der Waals surface area contributed by atoms with Crippen molar-refractivity contribution in [3.8, 4) is 5.75 Å². The van der Waals surface area contributed by atoms with Crippen molar-refractivity contribution < 1.29 is 19.4 Å². The minimum absolute atomic E-state index is 0.159. The number of rotatable bonds is 5. The van der Waals surface area contributed by atoms with Gasteiger partial charge in [-0.25, -0.2) is 4.79 Å². The lowest BCUT2D eigenvalue weighted by molar-refractivity contribution is -0.139. The molecule has 0 fully saturated rings. The van der Waals surface area contributed by atoms with Crippen LogP contribution in [0.5, 0.6) is 5.75 Å². The van der Waals surface area contributed by atoms with Crippen molar-refractivity contribution >= 4 is 39.3 Å². The van der Waals surface area contributed by atoms with Gasteiger partial charge in [-0.2, -0.15) is 0 Å². The number of nitrogens with zero attached hydrogens (tertiary/aromatic N) is 1. The van der Waals surface area contributed by atoms with E-state index in [0.717, 1.165) is 0 Å². The summed E-state index contributed by atoms with van der Waals surface area (Å²) >= 11 is 9.13. The van der Waals surface area contributed by atoms with Crippen LogP contribution in [0.1, 0.15) is 15.9 Å². The van der Waals surface area contributed by atoms with E-state index in [2.05, 4.69) is 20.9 Å². The molecule has 7 heteroatoms. The van der Waals surface area contributed by atoms with Crippen LogP contribution in [0, 0.1) is 0 Å². The number of halogens is 2. The van der Waals surface area contributed by atoms with Gasteiger partial charge in [0, 0.05) is 27.5 Å². The fourth-order valence-electron chi connectivity index (χ4n) is 1.64. The van der Waals surface area contributed by atoms with Crippen LogP contribution in [0.15, 0.2) is 41.1 Å². The molecular formula is C14H9BrClNO4. The highest BCUT2D eigenvalue weighted by molar-refractivity contribution is 9.10. The van der Waals surface area contributed by atoms with Crippen molar-refractivity contribution in [2.75, 3.05) is 6.61 Å². The van der Waals surface area contributed by atoms with Crippen LogP contribution in [-0.4, -0.2) is 28.4 Å². The summed E-state index contributed by atoms with van der Waals surface area (Å²) in [5.74, 6) is -1.33. The summed E-state index contributed by atoms with van der Waals surface area (Å²) in [4.78, 5) is 27.0. The number of carbonyl (C=O) groups excluding carboxylic acids is 1. The highest BCUT2D eigenvalue weighted by Crippen LogP contribution is 2.26. The van der Waals surface area contributed by atoms with E-state index in [1.54, 1.807) is 12.3 Å². The number of carbonyl (C=O) groups is 2. The molecule has 1 aromatic carbocycles. The summed E-state index contributed by atoms with van der Waals surface area (Å²) in [5, 5.41) is 9.01. The second-order valence-corrected chi connectivity index (χ2v) is 5.40. The molecule has 5 nitrogen and oxygen atoms in total. The third-order valence-electron chi connectivity index (χ3n) is 2.50. The Hall–Kier alpha value is -1.92. The molecule has 0 bridgehead atoms. The third-order valence-corrected chi connectivity index (χ3v) is 3.17. The Balaban J connectivity index is 2.39. The molecule has 0 amide bonds. The van der Waals surface area contributed by atoms with Gasteiger partial charge in [0.25, 0.3) is 0 Å². The summed E-state index contributed by atoms with van der Waals surface area (Å²) in [5.41, 5.74) is 0.524. The summed E-state index contributed by atoms with van der Waals surface area (Å²) < 4.78 is 5.77. The molecule has 2 aromatic rings. The topological polar surface area (TPSA) is 76.5 Å². The lowest BCUT2D eigenvalue weighted by Crippen LogP contribution is -2.12. The molecule has 0 radical (unpaired) electrons. The number of carboxylic acid groups (broad SMARTS) is 1. The van der Waals surface area contributed by atoms with Gasteiger partial charge >= 0.3 is 5.97 Å². The SMILES string of the molecule is O=C(O)COc1ccc(Cl)cc1C(=O)c1cncc(Br)c1. The summed E-state index contributed by atoms with van der Waals surface area (Å²) in [6.45, 7) is -0.543. The molecule has 0 aliphatic rings. The Bertz CT molecular complexity index is 705. The number of aliphatic carboxylic acids is 1. The van der Waals surface area contributed by atoms with Gasteiger partial charge in [-0.3, -0.25) is 9.78 Å². The molecule has 0 saturated carbocycles. The van der Waals surface area contributed by atoms with Gasteiger partial charge in [0.2, 0.25) is 0 Å². The van der Waals surface area contributed by atoms with Crippen molar-refractivity contribution in [2.24, 2.45) is 0 Å². The van der Waals surface area contributed by atoms with Crippen LogP contribution in [0.3, 0.4) is 0 Å². The van der Waals surface area contributed by atoms with Crippen molar-refractivity contribution in [3.05, 3.63) is 57.3 Å². The Morgan fingerprint density at radius 1 is 1.29 bits per heavy atom. The second kappa shape index (κ2) is 6.69. The quantitative estimate of drug-likeness (QED) is 0.818. The van der Waals surface area contributed by atoms with E-state index in [4.69, 9.17) is 21.4 Å². The van der Waals surface area contributed by atoms with Crippen LogP contribution in [0.25, 0.3) is 0 Å². The normalized spacial score (nSPS) is 10.2. The highest BCUT2D eigenvalue weighted by Gasteiger charge is 2.17. The molecular weight excluding hydrogens is 362 g/mol. The molecule has 1 N–H and O–H groups in total. The maximum absolute atomic E-state index is 12.5. The van der Waals surface area contributed by atoms with E-state index in [-0.39, 0.29) is 17.1 Å². The number of hydrogen-bond donors (Lipinski definition) is 1. The van der Waals surface area contributed by atoms with Gasteiger partial charge in [-0.15, -0.1) is 0 Å². The zero-order valence-corrected chi connectivity index (χ0v) is 12.9. The largest absolute Gasteiger partial charge is 0.481 e. The van der Waals surface area contributed by atoms with E-state index < -0.39 is 12.6 Å². The number of carboxylic acids is 1. The molecule has 21 heavy (non-hydrogen) atoms. The summed E-state index contributed by atoms with van der Waals surface area (Å²) in [7, 11) is 0. The number of benzene rings is 1. The number of ether oxygens (including phenoxy) is 1. The van der Waals surface area contributed by atoms with Crippen molar-refractivity contribution in [2.45, 2.75) is 0 Å². The smallest absolute Gasteiger partial charge is 0.341 e. The molecule has 0 saturated heterocycles. The first kappa shape index (κ1) is 15.5. The van der Waals surface area contributed by atoms with Crippen LogP contribution >= 0.6 is 27.5 Å². The van der Waals surface area contributed by atoms with Gasteiger partial charge in [-0.1, -0.05) is 11.6 Å². The molecule has 0 aliphatic carbocycles. The fraction of sp³-hybridized carbons (Fsp3) is 0.0714. The van der Waals surface area contributed by atoms with Crippen LogP contribution < -0.4 is 4.74 Å². The van der Waals surface area contributed by atoms with Gasteiger partial charge in [0.15, 0.2) is 12.4 Å². The van der Waals surface area contributed by atoms with Crippen LogP contribution in [0.4, 0.5) is 0 Å². The molecule has 2 rings (SSSR count). The van der Waals surface area contributed by atoms with Gasteiger partial charge in [0.05, 0.1) is 5.56 Å². The first-order valence-electron chi connectivity index (χ1n) is 5.77. The van der Waals surface area contributed by atoms with E-state index in [9.17, 15) is 9.59 Å². The zero-order valence-electron chi connectivity index (χ0n) is 10.5. The lowest BCUT2D eigenvalue weighted by atomic mass is 10.0. The first-order valence-corrected chi connectivity index (χ1v) is 6.94. The molecule has 0 spiro atoms. The van der Waals surface area contributed by atoms with E-state index in [1.165, 1.54) is 24.4 Å². The Labute approximate surface area is 133 Å². The Kier molecular flexibility index (Phi) is 4.93. The number of ketones is 1. The number of pyridine rings is 1. The van der Waals surface area contributed by atoms with E-state index in [0.29, 0.717) is 15.1 Å². The molecule has 1 aromatic heterocycles. The minimum Gasteiger partial charge on any atom is -0.481 e. The maximum Gasteiger partial charge on any atom is 0.341 e. The number of aromatic nitrogens is 1.